The van der Waals surface area contributed by atoms with Crippen LogP contribution in [0.3, 0.4) is 0 Å². The van der Waals surface area contributed by atoms with E-state index in [1.165, 1.54) is 0 Å². The molecule has 3 heteroatoms. The first kappa shape index (κ1) is 12.6. The monoisotopic (exact) mass is 237 g/mol. The van der Waals surface area contributed by atoms with Crippen LogP contribution in [0.15, 0.2) is 12.2 Å². The summed E-state index contributed by atoms with van der Waals surface area (Å²) < 4.78 is 0. The molecule has 0 atom stereocenters. The Labute approximate surface area is 103 Å². The fourth-order valence-electron chi connectivity index (χ4n) is 2.83. The van der Waals surface area contributed by atoms with Gasteiger partial charge in [0.25, 0.3) is 0 Å². The Hall–Kier alpha value is -0.830. The van der Waals surface area contributed by atoms with Crippen molar-refractivity contribution in [2.24, 2.45) is 11.8 Å². The van der Waals surface area contributed by atoms with Crippen molar-refractivity contribution in [1.82, 2.24) is 5.32 Å². The third-order valence-corrected chi connectivity index (χ3v) is 4.30. The van der Waals surface area contributed by atoms with Crippen LogP contribution in [0.1, 0.15) is 45.4 Å². The zero-order chi connectivity index (χ0) is 12.3. The van der Waals surface area contributed by atoms with Gasteiger partial charge in [-0.1, -0.05) is 19.1 Å². The van der Waals surface area contributed by atoms with E-state index in [4.69, 9.17) is 0 Å². The molecule has 0 aliphatic heterocycles. The van der Waals surface area contributed by atoms with Crippen LogP contribution in [0.2, 0.25) is 0 Å². The highest BCUT2D eigenvalue weighted by Crippen LogP contribution is 2.32. The minimum atomic E-state index is -0.341. The number of aliphatic hydroxyl groups excluding tert-OH is 1. The lowest BCUT2D eigenvalue weighted by molar-refractivity contribution is -0.128. The fourth-order valence-corrected chi connectivity index (χ4v) is 2.83. The van der Waals surface area contributed by atoms with Gasteiger partial charge >= 0.3 is 0 Å². The highest BCUT2D eigenvalue weighted by molar-refractivity contribution is 5.80. The van der Waals surface area contributed by atoms with Crippen LogP contribution < -0.4 is 5.32 Å². The Morgan fingerprint density at radius 2 is 1.94 bits per heavy atom. The van der Waals surface area contributed by atoms with Crippen molar-refractivity contribution in [3.8, 4) is 0 Å². The summed E-state index contributed by atoms with van der Waals surface area (Å²) in [6, 6.07) is 0. The summed E-state index contributed by atoms with van der Waals surface area (Å²) >= 11 is 0. The lowest BCUT2D eigenvalue weighted by Gasteiger charge is -2.39. The molecule has 1 saturated carbocycles. The van der Waals surface area contributed by atoms with Crippen LogP contribution in [-0.4, -0.2) is 23.2 Å². The molecule has 0 radical (unpaired) electrons. The number of allylic oxidation sites excluding steroid dienone is 2. The maximum Gasteiger partial charge on any atom is 0.224 e. The molecule has 0 heterocycles. The van der Waals surface area contributed by atoms with Crippen LogP contribution in [0.25, 0.3) is 0 Å². The van der Waals surface area contributed by atoms with Gasteiger partial charge in [0, 0.05) is 5.92 Å². The molecule has 2 aliphatic rings. The second kappa shape index (κ2) is 5.21. The molecule has 1 fully saturated rings. The normalized spacial score (nSPS) is 33.9. The second-order valence-electron chi connectivity index (χ2n) is 5.75. The van der Waals surface area contributed by atoms with E-state index >= 15 is 0 Å². The van der Waals surface area contributed by atoms with Crippen molar-refractivity contribution < 1.29 is 9.90 Å². The van der Waals surface area contributed by atoms with Crippen molar-refractivity contribution in [3.63, 3.8) is 0 Å². The van der Waals surface area contributed by atoms with Crippen molar-refractivity contribution >= 4 is 5.91 Å². The van der Waals surface area contributed by atoms with Crippen LogP contribution in [0, 0.1) is 11.8 Å². The third kappa shape index (κ3) is 2.89. The van der Waals surface area contributed by atoms with E-state index in [2.05, 4.69) is 24.4 Å². The summed E-state index contributed by atoms with van der Waals surface area (Å²) in [5, 5.41) is 12.7. The van der Waals surface area contributed by atoms with Gasteiger partial charge in [-0.15, -0.1) is 0 Å². The van der Waals surface area contributed by atoms with E-state index < -0.39 is 0 Å². The second-order valence-corrected chi connectivity index (χ2v) is 5.75. The molecule has 2 N–H and O–H groups in total. The highest BCUT2D eigenvalue weighted by Gasteiger charge is 2.36. The van der Waals surface area contributed by atoms with E-state index in [0.717, 1.165) is 44.4 Å². The van der Waals surface area contributed by atoms with Gasteiger partial charge in [-0.25, -0.2) is 0 Å². The van der Waals surface area contributed by atoms with Gasteiger partial charge in [0.15, 0.2) is 0 Å². The largest absolute Gasteiger partial charge is 0.394 e. The summed E-state index contributed by atoms with van der Waals surface area (Å²) in [6.45, 7) is 2.32. The van der Waals surface area contributed by atoms with Crippen LogP contribution in [0.5, 0.6) is 0 Å². The highest BCUT2D eigenvalue weighted by atomic mass is 16.3. The third-order valence-electron chi connectivity index (χ3n) is 4.30. The summed E-state index contributed by atoms with van der Waals surface area (Å²) in [4.78, 5) is 12.1. The van der Waals surface area contributed by atoms with Crippen molar-refractivity contribution in [1.29, 1.82) is 0 Å². The van der Waals surface area contributed by atoms with Crippen molar-refractivity contribution in [3.05, 3.63) is 12.2 Å². The Bertz CT molecular complexity index is 295. The number of aliphatic hydroxyl groups is 1. The minimum Gasteiger partial charge on any atom is -0.394 e. The Balaban J connectivity index is 1.92. The van der Waals surface area contributed by atoms with E-state index in [1.807, 2.05) is 0 Å². The number of carbonyl (C=O) groups excluding carboxylic acids is 1. The molecule has 2 aliphatic carbocycles. The minimum absolute atomic E-state index is 0.0750. The lowest BCUT2D eigenvalue weighted by Crippen LogP contribution is -2.54. The molecular formula is C14H23NO2. The van der Waals surface area contributed by atoms with Crippen LogP contribution in [0.4, 0.5) is 0 Å². The predicted octanol–water partition coefficient (Wildman–Crippen LogP) is 2.01. The molecule has 1 amide bonds. The van der Waals surface area contributed by atoms with E-state index in [0.29, 0.717) is 0 Å². The Morgan fingerprint density at radius 1 is 1.35 bits per heavy atom. The van der Waals surface area contributed by atoms with Gasteiger partial charge in [0.2, 0.25) is 5.91 Å². The number of rotatable bonds is 3. The standard InChI is InChI=1S/C14H23NO2/c1-11-6-8-14(10-16,9-7-11)15-13(17)12-4-2-3-5-12/h2-3,11-12,16H,4-10H2,1H3,(H,15,17). The molecule has 0 aromatic carbocycles. The Kier molecular flexibility index (Phi) is 3.87. The molecule has 17 heavy (non-hydrogen) atoms. The molecule has 0 aromatic heterocycles. The van der Waals surface area contributed by atoms with Crippen molar-refractivity contribution in [2.45, 2.75) is 51.0 Å². The van der Waals surface area contributed by atoms with Crippen LogP contribution >= 0.6 is 0 Å². The number of hydrogen-bond donors (Lipinski definition) is 2. The first-order chi connectivity index (χ1) is 8.15. The number of hydrogen-bond acceptors (Lipinski definition) is 2. The van der Waals surface area contributed by atoms with Gasteiger partial charge < -0.3 is 10.4 Å². The van der Waals surface area contributed by atoms with Crippen LogP contribution in [-0.2, 0) is 4.79 Å². The fraction of sp³-hybridized carbons (Fsp3) is 0.786. The quantitative estimate of drug-likeness (QED) is 0.738. The number of amides is 1. The van der Waals surface area contributed by atoms with Gasteiger partial charge in [-0.2, -0.15) is 0 Å². The summed E-state index contributed by atoms with van der Waals surface area (Å²) in [7, 11) is 0. The van der Waals surface area contributed by atoms with E-state index in [-0.39, 0.29) is 24.0 Å². The maximum atomic E-state index is 12.1. The summed E-state index contributed by atoms with van der Waals surface area (Å²) in [5.41, 5.74) is -0.341. The van der Waals surface area contributed by atoms with Gasteiger partial charge in [-0.05, 0) is 44.4 Å². The molecule has 0 aromatic rings. The average molecular weight is 237 g/mol. The number of nitrogens with one attached hydrogen (secondary N) is 1. The molecule has 2 rings (SSSR count). The molecule has 0 unspecified atom stereocenters. The Morgan fingerprint density at radius 3 is 2.47 bits per heavy atom. The van der Waals surface area contributed by atoms with Crippen molar-refractivity contribution in [2.75, 3.05) is 6.61 Å². The molecular weight excluding hydrogens is 214 g/mol. The first-order valence-corrected chi connectivity index (χ1v) is 6.73. The van der Waals surface area contributed by atoms with E-state index in [9.17, 15) is 9.90 Å². The maximum absolute atomic E-state index is 12.1. The van der Waals surface area contributed by atoms with Gasteiger partial charge in [0.1, 0.15) is 0 Å². The molecule has 0 saturated heterocycles. The number of carbonyl (C=O) groups is 1. The topological polar surface area (TPSA) is 49.3 Å². The van der Waals surface area contributed by atoms with Gasteiger partial charge in [0.05, 0.1) is 12.1 Å². The molecule has 0 spiro atoms. The van der Waals surface area contributed by atoms with E-state index in [1.54, 1.807) is 0 Å². The SMILES string of the molecule is CC1CCC(CO)(NC(=O)C2CC=CC2)CC1. The van der Waals surface area contributed by atoms with Gasteiger partial charge in [-0.3, -0.25) is 4.79 Å². The zero-order valence-electron chi connectivity index (χ0n) is 10.6. The molecule has 0 bridgehead atoms. The summed E-state index contributed by atoms with van der Waals surface area (Å²) in [6.07, 6.45) is 9.87. The average Bonchev–Trinajstić information content (AvgIpc) is 2.86. The molecule has 96 valence electrons. The molecule has 3 nitrogen and oxygen atoms in total. The smallest absolute Gasteiger partial charge is 0.224 e. The zero-order valence-corrected chi connectivity index (χ0v) is 10.6. The predicted molar refractivity (Wildman–Crippen MR) is 67.5 cm³/mol. The lowest BCUT2D eigenvalue weighted by atomic mass is 9.77. The summed E-state index contributed by atoms with van der Waals surface area (Å²) in [5.74, 6) is 0.941. The first-order valence-electron chi connectivity index (χ1n) is 6.73.